The zero-order valence-corrected chi connectivity index (χ0v) is 42.6. The third-order valence-corrected chi connectivity index (χ3v) is 12.9. The first-order valence-electron chi connectivity index (χ1n) is 24.9. The molecule has 1 saturated carbocycles. The molecule has 0 radical (unpaired) electrons. The molecule has 22 nitrogen and oxygen atoms in total. The van der Waals surface area contributed by atoms with Gasteiger partial charge in [-0.15, -0.1) is 15.3 Å². The number of aryl methyl sites for hydroxylation is 2. The summed E-state index contributed by atoms with van der Waals surface area (Å²) in [5.74, 6) is 4.62. The highest BCUT2D eigenvalue weighted by Crippen LogP contribution is 2.39. The molecule has 8 aromatic heterocycles. The normalized spacial score (nSPS) is 12.2. The minimum absolute atomic E-state index is 0.233. The molecule has 0 atom stereocenters. The number of ether oxygens (including phenoxy) is 2. The maximum Gasteiger partial charge on any atom is 0.348 e. The second kappa shape index (κ2) is 21.7. The first-order valence-corrected chi connectivity index (χ1v) is 24.9. The van der Waals surface area contributed by atoms with E-state index in [1.54, 1.807) is 45.0 Å². The Morgan fingerprint density at radius 2 is 1.37 bits per heavy atom. The van der Waals surface area contributed by atoms with Crippen LogP contribution in [-0.2, 0) is 0 Å². The first kappa shape index (κ1) is 49.6. The van der Waals surface area contributed by atoms with Crippen LogP contribution >= 0.6 is 0 Å². The second-order valence-corrected chi connectivity index (χ2v) is 18.3. The van der Waals surface area contributed by atoms with Crippen molar-refractivity contribution in [3.8, 4) is 34.5 Å². The van der Waals surface area contributed by atoms with E-state index in [9.17, 15) is 4.79 Å². The van der Waals surface area contributed by atoms with Crippen LogP contribution in [-0.4, -0.2) is 71.3 Å². The molecule has 8 N–H and O–H groups in total. The standard InChI is InChI=1S/C21H16N6O2.C18H17N7.C17H19N5O2/c22-19-18-20(26-27(14-10-11-28-12-14)21(18)24-13-23-19)25-16-8-4-5-9-17(16)29-15-6-2-1-3-7-15;1-12-4-3-5-14(10-12)24(2)18-15-16(19)21-11-22-17(15)25(23-18)13-6-8-20-9-7-13;1-10-6-8-12(9-7-10)24-16-13-14(18)19-17(23)20-15(13)22(21-16)11-4-2-3-5-11/h1-13H,(H,25,26)(H2,22,23,24);3-11H,1-2H3,(H2,19,21,22);6-9,11H,2-5H2,1H3,(H3,18,19,20,23). The number of hydrogen-bond acceptors (Lipinski definition) is 18. The fourth-order valence-corrected chi connectivity index (χ4v) is 9.08. The number of anilines is 7. The van der Waals surface area contributed by atoms with Gasteiger partial charge in [-0.1, -0.05) is 73.0 Å². The molecule has 22 heteroatoms. The molecule has 1 fully saturated rings. The maximum atomic E-state index is 11.7. The molecule has 8 heterocycles. The van der Waals surface area contributed by atoms with E-state index in [-0.39, 0.29) is 11.9 Å². The van der Waals surface area contributed by atoms with E-state index in [2.05, 4.69) is 69.5 Å². The Morgan fingerprint density at radius 3 is 2.10 bits per heavy atom. The Balaban J connectivity index is 0.000000125. The number of rotatable bonds is 11. The van der Waals surface area contributed by atoms with Crippen molar-refractivity contribution in [2.45, 2.75) is 45.6 Å². The summed E-state index contributed by atoms with van der Waals surface area (Å²) in [6.45, 7) is 4.07. The van der Waals surface area contributed by atoms with Gasteiger partial charge >= 0.3 is 5.69 Å². The number of para-hydroxylation sites is 3. The number of aromatic nitrogens is 13. The van der Waals surface area contributed by atoms with Crippen molar-refractivity contribution < 1.29 is 13.9 Å². The molecule has 78 heavy (non-hydrogen) atoms. The number of benzene rings is 4. The molecule has 0 saturated heterocycles. The third kappa shape index (κ3) is 10.3. The molecule has 13 rings (SSSR count). The van der Waals surface area contributed by atoms with E-state index < -0.39 is 5.69 Å². The van der Waals surface area contributed by atoms with Crippen LogP contribution in [0.5, 0.6) is 23.1 Å². The van der Waals surface area contributed by atoms with E-state index >= 15 is 0 Å². The van der Waals surface area contributed by atoms with Crippen LogP contribution < -0.4 is 42.6 Å². The Morgan fingerprint density at radius 1 is 0.679 bits per heavy atom. The summed E-state index contributed by atoms with van der Waals surface area (Å²) in [5.41, 5.74) is 25.2. The lowest BCUT2D eigenvalue weighted by atomic mass is 10.2. The molecule has 0 aliphatic heterocycles. The van der Waals surface area contributed by atoms with Gasteiger partial charge in [-0.3, -0.25) is 9.97 Å². The number of furan rings is 1. The van der Waals surface area contributed by atoms with Crippen LogP contribution in [0.4, 0.5) is 40.5 Å². The lowest BCUT2D eigenvalue weighted by molar-refractivity contribution is 0.422. The fourth-order valence-electron chi connectivity index (χ4n) is 9.08. The topological polar surface area (TPSA) is 289 Å². The number of hydrogen-bond donors (Lipinski definition) is 5. The highest BCUT2D eigenvalue weighted by molar-refractivity contribution is 5.99. The predicted molar refractivity (Wildman–Crippen MR) is 299 cm³/mol. The average molecular weight is 1040 g/mol. The molecule has 0 unspecified atom stereocenters. The van der Waals surface area contributed by atoms with E-state index in [0.717, 1.165) is 65.1 Å². The minimum atomic E-state index is -0.471. The summed E-state index contributed by atoms with van der Waals surface area (Å²) in [6.07, 6.45) is 13.8. The monoisotopic (exact) mass is 1040 g/mol. The Bertz CT molecular complexity index is 4080. The average Bonchev–Trinajstić information content (AvgIpc) is 4.42. The summed E-state index contributed by atoms with van der Waals surface area (Å²) in [7, 11) is 1.96. The van der Waals surface area contributed by atoms with E-state index in [4.69, 9.17) is 36.2 Å². The van der Waals surface area contributed by atoms with Crippen molar-refractivity contribution in [3.05, 3.63) is 181 Å². The lowest BCUT2D eigenvalue weighted by Gasteiger charge is -2.17. The second-order valence-electron chi connectivity index (χ2n) is 18.3. The van der Waals surface area contributed by atoms with Crippen LogP contribution in [0.1, 0.15) is 42.9 Å². The van der Waals surface area contributed by atoms with Crippen molar-refractivity contribution in [1.29, 1.82) is 0 Å². The Labute approximate surface area is 445 Å². The van der Waals surface area contributed by atoms with Crippen molar-refractivity contribution in [2.24, 2.45) is 0 Å². The van der Waals surface area contributed by atoms with Crippen molar-refractivity contribution in [3.63, 3.8) is 0 Å². The number of fused-ring (bicyclic) bond motifs is 3. The van der Waals surface area contributed by atoms with E-state index in [0.29, 0.717) is 68.4 Å². The number of nitrogens with zero attached hydrogens (tertiary/aromatic N) is 13. The van der Waals surface area contributed by atoms with Crippen LogP contribution in [0.15, 0.2) is 168 Å². The highest BCUT2D eigenvalue weighted by atomic mass is 16.5. The summed E-state index contributed by atoms with van der Waals surface area (Å²) < 4.78 is 22.4. The van der Waals surface area contributed by atoms with Crippen molar-refractivity contribution in [2.75, 3.05) is 34.5 Å². The van der Waals surface area contributed by atoms with Crippen molar-refractivity contribution >= 4 is 73.6 Å². The van der Waals surface area contributed by atoms with Crippen molar-refractivity contribution in [1.82, 2.24) is 64.2 Å². The molecule has 0 spiro atoms. The lowest BCUT2D eigenvalue weighted by Crippen LogP contribution is -2.15. The van der Waals surface area contributed by atoms with Crippen LogP contribution in [0, 0.1) is 13.8 Å². The number of H-pyrrole nitrogens is 1. The number of nitrogen functional groups attached to an aromatic ring is 3. The highest BCUT2D eigenvalue weighted by Gasteiger charge is 2.26. The number of pyridine rings is 1. The summed E-state index contributed by atoms with van der Waals surface area (Å²) in [6, 6.07) is 38.8. The quantitative estimate of drug-likeness (QED) is 0.0804. The molecule has 12 aromatic rings. The summed E-state index contributed by atoms with van der Waals surface area (Å²) >= 11 is 0. The fraction of sp³-hybridized carbons (Fsp3) is 0.143. The summed E-state index contributed by atoms with van der Waals surface area (Å²) in [5, 5.41) is 19.2. The number of nitrogens with two attached hydrogens (primary N) is 3. The molecular formula is C56H52N18O4. The molecular weight excluding hydrogens is 989 g/mol. The van der Waals surface area contributed by atoms with Gasteiger partial charge in [-0.25, -0.2) is 38.8 Å². The summed E-state index contributed by atoms with van der Waals surface area (Å²) in [4.78, 5) is 41.4. The van der Waals surface area contributed by atoms with Crippen LogP contribution in [0.2, 0.25) is 0 Å². The number of aromatic amines is 1. The predicted octanol–water partition coefficient (Wildman–Crippen LogP) is 10.3. The van der Waals surface area contributed by atoms with Gasteiger partial charge in [0.25, 0.3) is 5.88 Å². The molecule has 4 aromatic carbocycles. The molecule has 1 aliphatic carbocycles. The smallest absolute Gasteiger partial charge is 0.348 e. The largest absolute Gasteiger partial charge is 0.470 e. The maximum absolute atomic E-state index is 11.7. The Hall–Kier alpha value is -10.6. The molecule has 390 valence electrons. The van der Waals surface area contributed by atoms with Gasteiger partial charge < -0.3 is 41.3 Å². The Kier molecular flexibility index (Phi) is 13.8. The molecule has 0 amide bonds. The van der Waals surface area contributed by atoms with Gasteiger partial charge in [0, 0.05) is 31.2 Å². The van der Waals surface area contributed by atoms with Gasteiger partial charge in [-0.05, 0) is 92.9 Å². The first-order chi connectivity index (χ1) is 38.1. The van der Waals surface area contributed by atoms with E-state index in [1.807, 2.05) is 122 Å². The van der Waals surface area contributed by atoms with Crippen LogP contribution in [0.3, 0.4) is 0 Å². The SMILES string of the molecule is Cc1ccc(Oc2nn(C3CCCC3)c3nc(=O)[nH]c(N)c23)cc1.Cc1cccc(N(C)c2nn(-c3ccncc3)c3ncnc(N)c23)c1.Nc1ncnc2c1c(Nc1ccccc1Oc1ccccc1)nn2-c1ccoc1. The third-order valence-electron chi connectivity index (χ3n) is 12.9. The molecule has 1 aliphatic rings. The molecule has 0 bridgehead atoms. The zero-order chi connectivity index (χ0) is 53.7. The zero-order valence-electron chi connectivity index (χ0n) is 42.6. The van der Waals surface area contributed by atoms with Gasteiger partial charge in [0.15, 0.2) is 34.3 Å². The van der Waals surface area contributed by atoms with Crippen LogP contribution in [0.25, 0.3) is 44.5 Å². The van der Waals surface area contributed by atoms with Gasteiger partial charge in [0.2, 0.25) is 0 Å². The van der Waals surface area contributed by atoms with E-state index in [1.165, 1.54) is 18.2 Å². The van der Waals surface area contributed by atoms with Gasteiger partial charge in [0.1, 0.15) is 69.7 Å². The number of nitrogens with one attached hydrogen (secondary N) is 2. The minimum Gasteiger partial charge on any atom is -0.470 e. The van der Waals surface area contributed by atoms with Gasteiger partial charge in [-0.2, -0.15) is 4.98 Å². The van der Waals surface area contributed by atoms with Gasteiger partial charge in [0.05, 0.1) is 23.7 Å².